The molecule has 6 nitrogen and oxygen atoms in total. The molecule has 0 unspecified atom stereocenters. The summed E-state index contributed by atoms with van der Waals surface area (Å²) in [5.74, 6) is 1.65. The molecule has 1 aliphatic carbocycles. The van der Waals surface area contributed by atoms with Crippen LogP contribution in [0.3, 0.4) is 0 Å². The maximum Gasteiger partial charge on any atom is 0.311 e. The molecule has 0 aliphatic heterocycles. The van der Waals surface area contributed by atoms with E-state index in [9.17, 15) is 10.1 Å². The van der Waals surface area contributed by atoms with Crippen LogP contribution < -0.4 is 10.6 Å². The van der Waals surface area contributed by atoms with Gasteiger partial charge >= 0.3 is 5.69 Å². The third-order valence-electron chi connectivity index (χ3n) is 3.46. The van der Waals surface area contributed by atoms with Crippen molar-refractivity contribution >= 4 is 17.3 Å². The molecule has 6 heteroatoms. The van der Waals surface area contributed by atoms with Crippen molar-refractivity contribution in [2.75, 3.05) is 23.7 Å². The molecule has 1 aromatic heterocycles. The summed E-state index contributed by atoms with van der Waals surface area (Å²) < 4.78 is 0. The van der Waals surface area contributed by atoms with Gasteiger partial charge in [-0.25, -0.2) is 4.98 Å². The second kappa shape index (κ2) is 6.36. The summed E-state index contributed by atoms with van der Waals surface area (Å²) in [5, 5.41) is 17.2. The van der Waals surface area contributed by atoms with E-state index >= 15 is 0 Å². The lowest BCUT2D eigenvalue weighted by molar-refractivity contribution is -0.384. The molecule has 2 N–H and O–H groups in total. The Kier molecular flexibility index (Phi) is 4.54. The van der Waals surface area contributed by atoms with E-state index < -0.39 is 0 Å². The summed E-state index contributed by atoms with van der Waals surface area (Å²) in [6.07, 6.45) is 4.93. The lowest BCUT2D eigenvalue weighted by Crippen LogP contribution is -2.14. The van der Waals surface area contributed by atoms with Gasteiger partial charge in [-0.2, -0.15) is 0 Å². The van der Waals surface area contributed by atoms with Gasteiger partial charge < -0.3 is 10.6 Å². The van der Waals surface area contributed by atoms with Gasteiger partial charge in [-0.15, -0.1) is 0 Å². The van der Waals surface area contributed by atoms with Gasteiger partial charge in [0.05, 0.1) is 4.92 Å². The van der Waals surface area contributed by atoms with Gasteiger partial charge in [0, 0.05) is 19.2 Å². The number of rotatable bonds is 6. The Bertz CT molecular complexity index is 444. The lowest BCUT2D eigenvalue weighted by atomic mass is 10.1. The zero-order valence-electron chi connectivity index (χ0n) is 11.2. The molecule has 104 valence electrons. The minimum Gasteiger partial charge on any atom is -0.370 e. The van der Waals surface area contributed by atoms with Gasteiger partial charge in [0.25, 0.3) is 0 Å². The predicted octanol–water partition coefficient (Wildman–Crippen LogP) is 3.02. The van der Waals surface area contributed by atoms with E-state index in [4.69, 9.17) is 0 Å². The normalized spacial score (nSPS) is 15.4. The average Bonchev–Trinajstić information content (AvgIpc) is 2.89. The fourth-order valence-electron chi connectivity index (χ4n) is 2.46. The molecule has 0 atom stereocenters. The van der Waals surface area contributed by atoms with Crippen molar-refractivity contribution < 1.29 is 4.92 Å². The van der Waals surface area contributed by atoms with Crippen molar-refractivity contribution in [3.8, 4) is 0 Å². The molecule has 1 heterocycles. The van der Waals surface area contributed by atoms with E-state index in [0.29, 0.717) is 17.6 Å². The molecule has 1 aromatic rings. The first-order valence-corrected chi connectivity index (χ1v) is 6.84. The number of hydrogen-bond donors (Lipinski definition) is 2. The van der Waals surface area contributed by atoms with Crippen molar-refractivity contribution in [3.63, 3.8) is 0 Å². The average molecular weight is 264 g/mol. The highest BCUT2D eigenvalue weighted by molar-refractivity contribution is 5.60. The summed E-state index contributed by atoms with van der Waals surface area (Å²) in [7, 11) is 0. The molecule has 1 fully saturated rings. The van der Waals surface area contributed by atoms with E-state index in [2.05, 4.69) is 15.6 Å². The van der Waals surface area contributed by atoms with Gasteiger partial charge in [-0.1, -0.05) is 12.8 Å². The topological polar surface area (TPSA) is 80.1 Å². The molecule has 0 bridgehead atoms. The van der Waals surface area contributed by atoms with Crippen molar-refractivity contribution in [2.45, 2.75) is 32.6 Å². The van der Waals surface area contributed by atoms with E-state index in [1.165, 1.54) is 31.7 Å². The monoisotopic (exact) mass is 264 g/mol. The Morgan fingerprint density at radius 3 is 2.74 bits per heavy atom. The van der Waals surface area contributed by atoms with Gasteiger partial charge in [-0.05, 0) is 31.7 Å². The summed E-state index contributed by atoms with van der Waals surface area (Å²) in [6, 6.07) is 3.14. The largest absolute Gasteiger partial charge is 0.370 e. The van der Waals surface area contributed by atoms with Crippen LogP contribution in [-0.4, -0.2) is 23.0 Å². The molecular weight excluding hydrogens is 244 g/mol. The molecule has 0 aromatic carbocycles. The lowest BCUT2D eigenvalue weighted by Gasteiger charge is -2.12. The highest BCUT2D eigenvalue weighted by atomic mass is 16.6. The highest BCUT2D eigenvalue weighted by Gasteiger charge is 2.19. The Morgan fingerprint density at radius 1 is 1.37 bits per heavy atom. The number of aromatic nitrogens is 1. The summed E-state index contributed by atoms with van der Waals surface area (Å²) in [5.41, 5.74) is 0.0413. The fraction of sp³-hybridized carbons (Fsp3) is 0.615. The number of anilines is 2. The Balaban J connectivity index is 2.09. The van der Waals surface area contributed by atoms with Gasteiger partial charge in [-0.3, -0.25) is 10.1 Å². The predicted molar refractivity (Wildman–Crippen MR) is 75.5 cm³/mol. The minimum atomic E-state index is -0.389. The van der Waals surface area contributed by atoms with Crippen molar-refractivity contribution in [2.24, 2.45) is 5.92 Å². The van der Waals surface area contributed by atoms with Crippen LogP contribution in [-0.2, 0) is 0 Å². The maximum atomic E-state index is 11.0. The highest BCUT2D eigenvalue weighted by Crippen LogP contribution is 2.28. The van der Waals surface area contributed by atoms with Crippen LogP contribution in [0.1, 0.15) is 32.6 Å². The molecule has 0 saturated heterocycles. The van der Waals surface area contributed by atoms with Gasteiger partial charge in [0.2, 0.25) is 5.82 Å². The summed E-state index contributed by atoms with van der Waals surface area (Å²) in [4.78, 5) is 14.9. The molecule has 0 amide bonds. The standard InChI is InChI=1S/C13H20N4O2/c1-2-14-12-8-7-11(17(18)19)13(16-12)15-9-10-5-3-4-6-10/h7-8,10H,2-6,9H2,1H3,(H2,14,15,16). The van der Waals surface area contributed by atoms with Crippen molar-refractivity contribution in [1.82, 2.24) is 4.98 Å². The SMILES string of the molecule is CCNc1ccc([N+](=O)[O-])c(NCC2CCCC2)n1. The van der Waals surface area contributed by atoms with E-state index in [1.54, 1.807) is 6.07 Å². The van der Waals surface area contributed by atoms with Crippen LogP contribution in [0.25, 0.3) is 0 Å². The Labute approximate surface area is 112 Å². The molecule has 19 heavy (non-hydrogen) atoms. The number of nitrogens with zero attached hydrogens (tertiary/aromatic N) is 2. The quantitative estimate of drug-likeness (QED) is 0.609. The first kappa shape index (κ1) is 13.6. The summed E-state index contributed by atoms with van der Waals surface area (Å²) >= 11 is 0. The maximum absolute atomic E-state index is 11.0. The summed E-state index contributed by atoms with van der Waals surface area (Å²) in [6.45, 7) is 3.48. The second-order valence-electron chi connectivity index (χ2n) is 4.88. The fourth-order valence-corrected chi connectivity index (χ4v) is 2.46. The molecule has 2 rings (SSSR count). The van der Waals surface area contributed by atoms with E-state index in [1.807, 2.05) is 6.92 Å². The van der Waals surface area contributed by atoms with Crippen LogP contribution in [0.2, 0.25) is 0 Å². The van der Waals surface area contributed by atoms with Crippen LogP contribution in [0.4, 0.5) is 17.3 Å². The molecule has 1 aliphatic rings. The van der Waals surface area contributed by atoms with Crippen molar-refractivity contribution in [1.29, 1.82) is 0 Å². The van der Waals surface area contributed by atoms with Gasteiger partial charge in [0.1, 0.15) is 5.82 Å². The third kappa shape index (κ3) is 3.56. The smallest absolute Gasteiger partial charge is 0.311 e. The van der Waals surface area contributed by atoms with E-state index in [-0.39, 0.29) is 10.6 Å². The molecule has 1 saturated carbocycles. The van der Waals surface area contributed by atoms with Crippen LogP contribution in [0.5, 0.6) is 0 Å². The Hall–Kier alpha value is -1.85. The van der Waals surface area contributed by atoms with E-state index in [0.717, 1.165) is 13.1 Å². The van der Waals surface area contributed by atoms with Crippen LogP contribution in [0, 0.1) is 16.0 Å². The first-order chi connectivity index (χ1) is 9.20. The minimum absolute atomic E-state index is 0.0413. The first-order valence-electron chi connectivity index (χ1n) is 6.84. The molecular formula is C13H20N4O2. The number of nitro groups is 1. The van der Waals surface area contributed by atoms with Crippen molar-refractivity contribution in [3.05, 3.63) is 22.2 Å². The van der Waals surface area contributed by atoms with Gasteiger partial charge in [0.15, 0.2) is 0 Å². The third-order valence-corrected chi connectivity index (χ3v) is 3.46. The number of pyridine rings is 1. The zero-order chi connectivity index (χ0) is 13.7. The van der Waals surface area contributed by atoms with Crippen LogP contribution >= 0.6 is 0 Å². The molecule has 0 radical (unpaired) electrons. The zero-order valence-corrected chi connectivity index (χ0v) is 11.2. The van der Waals surface area contributed by atoms with Crippen LogP contribution in [0.15, 0.2) is 12.1 Å². The Morgan fingerprint density at radius 2 is 2.11 bits per heavy atom. The molecule has 0 spiro atoms. The number of nitrogens with one attached hydrogen (secondary N) is 2. The number of hydrogen-bond acceptors (Lipinski definition) is 5. The second-order valence-corrected chi connectivity index (χ2v) is 4.88.